The number of rotatable bonds is 4. The largest absolute Gasteiger partial charge is 0.313 e. The molecule has 0 bridgehead atoms. The molecule has 2 saturated heterocycles. The molecule has 0 saturated carbocycles. The van der Waals surface area contributed by atoms with Crippen LogP contribution in [0.2, 0.25) is 0 Å². The van der Waals surface area contributed by atoms with Gasteiger partial charge in [-0.1, -0.05) is 6.92 Å². The van der Waals surface area contributed by atoms with Crippen molar-refractivity contribution in [2.75, 3.05) is 26.2 Å². The fraction of sp³-hybridized carbons (Fsp3) is 1.00. The predicted molar refractivity (Wildman–Crippen MR) is 73.4 cm³/mol. The summed E-state index contributed by atoms with van der Waals surface area (Å²) < 4.78 is 0. The SMILES string of the molecule is CCNC(C)C(C)N1CC2CCCN2CC1C. The Balaban J connectivity index is 1.95. The van der Waals surface area contributed by atoms with E-state index in [1.54, 1.807) is 0 Å². The molecular weight excluding hydrogens is 210 g/mol. The first-order valence-electron chi connectivity index (χ1n) is 7.36. The number of nitrogens with one attached hydrogen (secondary N) is 1. The lowest BCUT2D eigenvalue weighted by Gasteiger charge is -2.46. The molecule has 2 aliphatic rings. The van der Waals surface area contributed by atoms with E-state index in [1.165, 1.54) is 32.5 Å². The Labute approximate surface area is 107 Å². The average Bonchev–Trinajstić information content (AvgIpc) is 2.74. The van der Waals surface area contributed by atoms with Crippen LogP contribution in [0.3, 0.4) is 0 Å². The summed E-state index contributed by atoms with van der Waals surface area (Å²) in [6.07, 6.45) is 2.81. The summed E-state index contributed by atoms with van der Waals surface area (Å²) in [6, 6.07) is 2.78. The second-order valence-corrected chi connectivity index (χ2v) is 5.92. The van der Waals surface area contributed by atoms with Gasteiger partial charge in [-0.05, 0) is 46.7 Å². The third-order valence-electron chi connectivity index (χ3n) is 4.76. The standard InChI is InChI=1S/C14H29N3/c1-5-15-12(3)13(4)17-10-14-7-6-8-16(14)9-11(17)2/h11-15H,5-10H2,1-4H3. The molecule has 2 rings (SSSR count). The summed E-state index contributed by atoms with van der Waals surface area (Å²) in [7, 11) is 0. The monoisotopic (exact) mass is 239 g/mol. The molecule has 0 aliphatic carbocycles. The van der Waals surface area contributed by atoms with Gasteiger partial charge in [0.05, 0.1) is 0 Å². The highest BCUT2D eigenvalue weighted by atomic mass is 15.3. The van der Waals surface area contributed by atoms with Crippen molar-refractivity contribution in [3.8, 4) is 0 Å². The van der Waals surface area contributed by atoms with E-state index in [2.05, 4.69) is 42.8 Å². The van der Waals surface area contributed by atoms with E-state index in [0.717, 1.165) is 12.6 Å². The molecule has 0 aromatic carbocycles. The van der Waals surface area contributed by atoms with Gasteiger partial charge in [-0.3, -0.25) is 9.80 Å². The second kappa shape index (κ2) is 5.68. The number of hydrogen-bond donors (Lipinski definition) is 1. The van der Waals surface area contributed by atoms with Crippen LogP contribution < -0.4 is 5.32 Å². The maximum Gasteiger partial charge on any atom is 0.0224 e. The molecule has 0 aromatic rings. The first-order valence-corrected chi connectivity index (χ1v) is 7.36. The fourth-order valence-electron chi connectivity index (χ4n) is 3.56. The predicted octanol–water partition coefficient (Wildman–Crippen LogP) is 1.54. The van der Waals surface area contributed by atoms with E-state index in [9.17, 15) is 0 Å². The molecule has 0 aromatic heterocycles. The zero-order valence-corrected chi connectivity index (χ0v) is 11.9. The zero-order valence-electron chi connectivity index (χ0n) is 11.9. The molecule has 100 valence electrons. The van der Waals surface area contributed by atoms with Gasteiger partial charge in [0.25, 0.3) is 0 Å². The molecular formula is C14H29N3. The lowest BCUT2D eigenvalue weighted by atomic mass is 10.0. The van der Waals surface area contributed by atoms with Gasteiger partial charge in [0.1, 0.15) is 0 Å². The number of piperazine rings is 1. The molecule has 0 spiro atoms. The van der Waals surface area contributed by atoms with E-state index in [-0.39, 0.29) is 0 Å². The average molecular weight is 239 g/mol. The van der Waals surface area contributed by atoms with Crippen molar-refractivity contribution < 1.29 is 0 Å². The molecule has 1 N–H and O–H groups in total. The van der Waals surface area contributed by atoms with Gasteiger partial charge in [0, 0.05) is 37.3 Å². The van der Waals surface area contributed by atoms with Crippen LogP contribution in [-0.2, 0) is 0 Å². The van der Waals surface area contributed by atoms with E-state index in [1.807, 2.05) is 0 Å². The van der Waals surface area contributed by atoms with Crippen LogP contribution >= 0.6 is 0 Å². The van der Waals surface area contributed by atoms with E-state index in [0.29, 0.717) is 18.1 Å². The van der Waals surface area contributed by atoms with Crippen LogP contribution in [0.5, 0.6) is 0 Å². The normalized spacial score (nSPS) is 34.6. The van der Waals surface area contributed by atoms with E-state index < -0.39 is 0 Å². The quantitative estimate of drug-likeness (QED) is 0.803. The smallest absolute Gasteiger partial charge is 0.0224 e. The van der Waals surface area contributed by atoms with Crippen LogP contribution in [0.1, 0.15) is 40.5 Å². The summed E-state index contributed by atoms with van der Waals surface area (Å²) in [6.45, 7) is 14.2. The van der Waals surface area contributed by atoms with Gasteiger partial charge in [-0.25, -0.2) is 0 Å². The Morgan fingerprint density at radius 1 is 1.29 bits per heavy atom. The summed E-state index contributed by atoms with van der Waals surface area (Å²) in [5.74, 6) is 0. The summed E-state index contributed by atoms with van der Waals surface area (Å²) in [5.41, 5.74) is 0. The lowest BCUT2D eigenvalue weighted by Crippen LogP contribution is -2.60. The van der Waals surface area contributed by atoms with Crippen molar-refractivity contribution in [3.63, 3.8) is 0 Å². The fourth-order valence-corrected chi connectivity index (χ4v) is 3.56. The third kappa shape index (κ3) is 2.83. The van der Waals surface area contributed by atoms with Gasteiger partial charge in [-0.15, -0.1) is 0 Å². The second-order valence-electron chi connectivity index (χ2n) is 5.92. The molecule has 2 fully saturated rings. The highest BCUT2D eigenvalue weighted by Crippen LogP contribution is 2.26. The Bertz CT molecular complexity index is 244. The molecule has 3 heteroatoms. The highest BCUT2D eigenvalue weighted by Gasteiger charge is 2.37. The van der Waals surface area contributed by atoms with Crippen molar-refractivity contribution in [3.05, 3.63) is 0 Å². The van der Waals surface area contributed by atoms with E-state index >= 15 is 0 Å². The number of nitrogens with zero attached hydrogens (tertiary/aromatic N) is 2. The first-order chi connectivity index (χ1) is 8.13. The minimum Gasteiger partial charge on any atom is -0.313 e. The van der Waals surface area contributed by atoms with Crippen molar-refractivity contribution >= 4 is 0 Å². The van der Waals surface area contributed by atoms with E-state index in [4.69, 9.17) is 0 Å². The molecule has 17 heavy (non-hydrogen) atoms. The van der Waals surface area contributed by atoms with Crippen LogP contribution in [0.25, 0.3) is 0 Å². The topological polar surface area (TPSA) is 18.5 Å². The summed E-state index contributed by atoms with van der Waals surface area (Å²) in [5, 5.41) is 3.57. The van der Waals surface area contributed by atoms with Crippen molar-refractivity contribution in [2.24, 2.45) is 0 Å². The van der Waals surface area contributed by atoms with Gasteiger partial charge in [-0.2, -0.15) is 0 Å². The lowest BCUT2D eigenvalue weighted by molar-refractivity contribution is 0.0235. The summed E-state index contributed by atoms with van der Waals surface area (Å²) in [4.78, 5) is 5.42. The summed E-state index contributed by atoms with van der Waals surface area (Å²) >= 11 is 0. The van der Waals surface area contributed by atoms with Crippen molar-refractivity contribution in [1.82, 2.24) is 15.1 Å². The Hall–Kier alpha value is -0.120. The maximum atomic E-state index is 3.57. The van der Waals surface area contributed by atoms with Gasteiger partial charge >= 0.3 is 0 Å². The first kappa shape index (κ1) is 13.3. The van der Waals surface area contributed by atoms with Crippen LogP contribution in [0.15, 0.2) is 0 Å². The Morgan fingerprint density at radius 2 is 2.06 bits per heavy atom. The number of hydrogen-bond acceptors (Lipinski definition) is 3. The minimum atomic E-state index is 0.593. The minimum absolute atomic E-state index is 0.593. The van der Waals surface area contributed by atoms with Crippen molar-refractivity contribution in [2.45, 2.75) is 64.7 Å². The molecule has 0 amide bonds. The molecule has 4 unspecified atom stereocenters. The van der Waals surface area contributed by atoms with Gasteiger partial charge in [0.2, 0.25) is 0 Å². The van der Waals surface area contributed by atoms with Crippen LogP contribution in [-0.4, -0.2) is 60.1 Å². The zero-order chi connectivity index (χ0) is 12.4. The Morgan fingerprint density at radius 3 is 2.76 bits per heavy atom. The van der Waals surface area contributed by atoms with Gasteiger partial charge in [0.15, 0.2) is 0 Å². The Kier molecular flexibility index (Phi) is 4.45. The molecule has 4 atom stereocenters. The number of likely N-dealkylation sites (N-methyl/N-ethyl adjacent to an activating group) is 1. The van der Waals surface area contributed by atoms with Crippen LogP contribution in [0.4, 0.5) is 0 Å². The van der Waals surface area contributed by atoms with Crippen LogP contribution in [0, 0.1) is 0 Å². The molecule has 3 nitrogen and oxygen atoms in total. The van der Waals surface area contributed by atoms with Crippen molar-refractivity contribution in [1.29, 1.82) is 0 Å². The van der Waals surface area contributed by atoms with Gasteiger partial charge < -0.3 is 5.32 Å². The third-order valence-corrected chi connectivity index (χ3v) is 4.76. The maximum absolute atomic E-state index is 3.57. The number of fused-ring (bicyclic) bond motifs is 1. The molecule has 2 heterocycles. The highest BCUT2D eigenvalue weighted by molar-refractivity contribution is 4.94. The molecule has 2 aliphatic heterocycles. The molecule has 0 radical (unpaired) electrons.